The number of pyridine rings is 2. The molecular formula is C24H20F5N5O2. The van der Waals surface area contributed by atoms with Crippen LogP contribution in [0, 0.1) is 11.6 Å². The average Bonchev–Trinajstić information content (AvgIpc) is 3.27. The molecule has 3 aromatic heterocycles. The molecule has 4 aromatic rings. The Hall–Kier alpha value is -3.77. The van der Waals surface area contributed by atoms with Crippen LogP contribution in [-0.2, 0) is 17.7 Å². The second-order valence-electron chi connectivity index (χ2n) is 8.66. The molecule has 0 bridgehead atoms. The predicted molar refractivity (Wildman–Crippen MR) is 118 cm³/mol. The van der Waals surface area contributed by atoms with Gasteiger partial charge in [-0.05, 0) is 56.3 Å². The number of rotatable bonds is 6. The SMILES string of the molecule is CC(C)(O)c1cc(C(O)(Cn2cc(-c3ccccn3)nn2)C(F)(F)F)nc(-c2ccc(F)cc2)c1F. The lowest BCUT2D eigenvalue weighted by Gasteiger charge is -2.31. The minimum absolute atomic E-state index is 0.0519. The second kappa shape index (κ2) is 9.03. The van der Waals surface area contributed by atoms with Gasteiger partial charge in [0.2, 0.25) is 5.60 Å². The van der Waals surface area contributed by atoms with Gasteiger partial charge in [0.25, 0.3) is 0 Å². The van der Waals surface area contributed by atoms with E-state index in [1.165, 1.54) is 26.2 Å². The minimum atomic E-state index is -5.30. The van der Waals surface area contributed by atoms with Gasteiger partial charge in [-0.1, -0.05) is 11.3 Å². The van der Waals surface area contributed by atoms with Crippen molar-refractivity contribution in [3.63, 3.8) is 0 Å². The van der Waals surface area contributed by atoms with E-state index in [-0.39, 0.29) is 11.3 Å². The van der Waals surface area contributed by atoms with Crippen LogP contribution in [0.2, 0.25) is 0 Å². The van der Waals surface area contributed by atoms with Crippen molar-refractivity contribution in [1.29, 1.82) is 0 Å². The fraction of sp³-hybridized carbons (Fsp3) is 0.250. The first kappa shape index (κ1) is 25.3. The number of hydrogen-bond acceptors (Lipinski definition) is 6. The van der Waals surface area contributed by atoms with Gasteiger partial charge in [-0.3, -0.25) is 4.98 Å². The molecule has 0 saturated heterocycles. The average molecular weight is 505 g/mol. The molecule has 0 saturated carbocycles. The lowest BCUT2D eigenvalue weighted by molar-refractivity contribution is -0.274. The van der Waals surface area contributed by atoms with Crippen LogP contribution in [0.1, 0.15) is 25.1 Å². The Morgan fingerprint density at radius 2 is 1.64 bits per heavy atom. The maximum Gasteiger partial charge on any atom is 0.424 e. The molecule has 1 atom stereocenters. The highest BCUT2D eigenvalue weighted by atomic mass is 19.4. The van der Waals surface area contributed by atoms with Crippen molar-refractivity contribution in [2.24, 2.45) is 0 Å². The zero-order chi connectivity index (χ0) is 26.3. The third-order valence-corrected chi connectivity index (χ3v) is 5.48. The Balaban J connectivity index is 1.86. The summed E-state index contributed by atoms with van der Waals surface area (Å²) in [6, 6.07) is 9.77. The number of hydrogen-bond donors (Lipinski definition) is 2. The molecule has 1 unspecified atom stereocenters. The summed E-state index contributed by atoms with van der Waals surface area (Å²) in [6.45, 7) is 1.17. The summed E-state index contributed by atoms with van der Waals surface area (Å²) in [4.78, 5) is 7.85. The highest BCUT2D eigenvalue weighted by Crippen LogP contribution is 2.42. The van der Waals surface area contributed by atoms with Crippen molar-refractivity contribution in [3.05, 3.63) is 83.8 Å². The highest BCUT2D eigenvalue weighted by Gasteiger charge is 2.57. The van der Waals surface area contributed by atoms with Gasteiger partial charge in [-0.2, -0.15) is 13.2 Å². The van der Waals surface area contributed by atoms with E-state index in [1.54, 1.807) is 18.2 Å². The zero-order valence-corrected chi connectivity index (χ0v) is 19.0. The van der Waals surface area contributed by atoms with Gasteiger partial charge < -0.3 is 10.2 Å². The molecule has 7 nitrogen and oxygen atoms in total. The van der Waals surface area contributed by atoms with Gasteiger partial charge in [-0.15, -0.1) is 5.10 Å². The van der Waals surface area contributed by atoms with E-state index in [1.807, 2.05) is 0 Å². The number of alkyl halides is 3. The number of nitrogens with zero attached hydrogens (tertiary/aromatic N) is 5. The van der Waals surface area contributed by atoms with E-state index >= 15 is 4.39 Å². The lowest BCUT2D eigenvalue weighted by Crippen LogP contribution is -2.47. The van der Waals surface area contributed by atoms with Crippen molar-refractivity contribution < 1.29 is 32.2 Å². The van der Waals surface area contributed by atoms with E-state index < -0.39 is 52.5 Å². The third-order valence-electron chi connectivity index (χ3n) is 5.48. The molecule has 0 radical (unpaired) electrons. The van der Waals surface area contributed by atoms with Crippen molar-refractivity contribution in [3.8, 4) is 22.6 Å². The molecule has 0 spiro atoms. The van der Waals surface area contributed by atoms with Gasteiger partial charge in [-0.25, -0.2) is 18.4 Å². The zero-order valence-electron chi connectivity index (χ0n) is 19.0. The van der Waals surface area contributed by atoms with Gasteiger partial charge in [0.1, 0.15) is 17.2 Å². The number of aliphatic hydroxyl groups is 2. The quantitative estimate of drug-likeness (QED) is 0.378. The Labute approximate surface area is 201 Å². The van der Waals surface area contributed by atoms with E-state index in [0.29, 0.717) is 11.8 Å². The molecule has 12 heteroatoms. The van der Waals surface area contributed by atoms with Crippen molar-refractivity contribution in [1.82, 2.24) is 25.0 Å². The van der Waals surface area contributed by atoms with E-state index in [9.17, 15) is 27.8 Å². The Kier molecular flexibility index (Phi) is 6.35. The fourth-order valence-electron chi connectivity index (χ4n) is 3.54. The maximum atomic E-state index is 15.3. The summed E-state index contributed by atoms with van der Waals surface area (Å²) in [5, 5.41) is 28.9. The summed E-state index contributed by atoms with van der Waals surface area (Å²) in [5.41, 5.74) is -7.26. The van der Waals surface area contributed by atoms with Crippen LogP contribution >= 0.6 is 0 Å². The molecule has 4 rings (SSSR count). The van der Waals surface area contributed by atoms with Crippen molar-refractivity contribution in [2.75, 3.05) is 0 Å². The molecule has 0 amide bonds. The number of benzene rings is 1. The van der Waals surface area contributed by atoms with Crippen LogP contribution < -0.4 is 0 Å². The standard InChI is InChI=1S/C24H20F5N5O2/c1-22(2,35)16-11-19(31-21(20(16)26)14-6-8-15(25)9-7-14)23(36,24(27,28)29)13-34-12-18(32-33-34)17-5-3-4-10-30-17/h3-12,35-36H,13H2,1-2H3. The van der Waals surface area contributed by atoms with Crippen LogP contribution in [-0.4, -0.2) is 41.4 Å². The van der Waals surface area contributed by atoms with E-state index in [4.69, 9.17) is 0 Å². The summed E-state index contributed by atoms with van der Waals surface area (Å²) in [5.74, 6) is -1.76. The summed E-state index contributed by atoms with van der Waals surface area (Å²) in [7, 11) is 0. The smallest absolute Gasteiger partial charge is 0.386 e. The topological polar surface area (TPSA) is 97.0 Å². The molecular weight excluding hydrogens is 485 g/mol. The van der Waals surface area contributed by atoms with Gasteiger partial charge in [0.15, 0.2) is 5.82 Å². The first-order chi connectivity index (χ1) is 16.8. The molecule has 3 heterocycles. The lowest BCUT2D eigenvalue weighted by atomic mass is 9.90. The summed E-state index contributed by atoms with van der Waals surface area (Å²) >= 11 is 0. The van der Waals surface area contributed by atoms with E-state index in [0.717, 1.165) is 28.9 Å². The van der Waals surface area contributed by atoms with E-state index in [2.05, 4.69) is 20.3 Å². The molecule has 0 aliphatic heterocycles. The van der Waals surface area contributed by atoms with Gasteiger partial charge >= 0.3 is 6.18 Å². The van der Waals surface area contributed by atoms with Crippen molar-refractivity contribution in [2.45, 2.75) is 37.8 Å². The third kappa shape index (κ3) is 4.82. The van der Waals surface area contributed by atoms with Crippen LogP contribution in [0.15, 0.2) is 60.9 Å². The predicted octanol–water partition coefficient (Wildman–Crippen LogP) is 4.36. The molecule has 0 fully saturated rings. The Morgan fingerprint density at radius 3 is 2.22 bits per heavy atom. The molecule has 1 aromatic carbocycles. The summed E-state index contributed by atoms with van der Waals surface area (Å²) in [6.07, 6.45) is -2.66. The van der Waals surface area contributed by atoms with Crippen LogP contribution in [0.25, 0.3) is 22.6 Å². The second-order valence-corrected chi connectivity index (χ2v) is 8.66. The molecule has 0 aliphatic carbocycles. The normalized spacial score (nSPS) is 14.0. The molecule has 188 valence electrons. The largest absolute Gasteiger partial charge is 0.424 e. The number of halogens is 5. The first-order valence-corrected chi connectivity index (χ1v) is 10.6. The highest BCUT2D eigenvalue weighted by molar-refractivity contribution is 5.62. The van der Waals surface area contributed by atoms with Gasteiger partial charge in [0.05, 0.1) is 29.7 Å². The molecule has 36 heavy (non-hydrogen) atoms. The number of aromatic nitrogens is 5. The van der Waals surface area contributed by atoms with Crippen LogP contribution in [0.4, 0.5) is 22.0 Å². The van der Waals surface area contributed by atoms with Crippen LogP contribution in [0.5, 0.6) is 0 Å². The molecule has 0 aliphatic rings. The van der Waals surface area contributed by atoms with Crippen molar-refractivity contribution >= 4 is 0 Å². The molecule has 2 N–H and O–H groups in total. The summed E-state index contributed by atoms with van der Waals surface area (Å²) < 4.78 is 72.5. The Bertz CT molecular complexity index is 1370. The minimum Gasteiger partial charge on any atom is -0.386 e. The van der Waals surface area contributed by atoms with Gasteiger partial charge in [0, 0.05) is 17.3 Å². The monoisotopic (exact) mass is 505 g/mol. The first-order valence-electron chi connectivity index (χ1n) is 10.6. The maximum absolute atomic E-state index is 15.3. The Morgan fingerprint density at radius 1 is 0.944 bits per heavy atom. The fourth-order valence-corrected chi connectivity index (χ4v) is 3.54. The van der Waals surface area contributed by atoms with Crippen LogP contribution in [0.3, 0.4) is 0 Å².